The number of hydrogen-bond donors (Lipinski definition) is 2. The highest BCUT2D eigenvalue weighted by molar-refractivity contribution is 7.89. The van der Waals surface area contributed by atoms with E-state index in [1.165, 1.54) is 4.31 Å². The third-order valence-electron chi connectivity index (χ3n) is 3.54. The number of nitrogens with two attached hydrogens (primary N) is 1. The van der Waals surface area contributed by atoms with Crippen LogP contribution >= 0.6 is 0 Å². The van der Waals surface area contributed by atoms with Gasteiger partial charge in [-0.3, -0.25) is 5.84 Å². The zero-order valence-corrected chi connectivity index (χ0v) is 11.3. The number of nitrogens with zero attached hydrogens (tertiary/aromatic N) is 1. The summed E-state index contributed by atoms with van der Waals surface area (Å²) in [4.78, 5) is 0.316. The molecule has 0 spiro atoms. The molecule has 1 aliphatic rings. The van der Waals surface area contributed by atoms with Gasteiger partial charge in [-0.05, 0) is 37.1 Å². The van der Waals surface area contributed by atoms with Gasteiger partial charge in [0.05, 0.1) is 4.90 Å². The average molecular weight is 269 g/mol. The van der Waals surface area contributed by atoms with Crippen LogP contribution in [0, 0.1) is 0 Å². The molecule has 0 aromatic heterocycles. The zero-order chi connectivity index (χ0) is 13.2. The molecule has 0 heterocycles. The van der Waals surface area contributed by atoms with Crippen LogP contribution in [0.15, 0.2) is 29.2 Å². The Labute approximate surface area is 108 Å². The van der Waals surface area contributed by atoms with E-state index in [1.807, 2.05) is 0 Å². The van der Waals surface area contributed by atoms with Crippen LogP contribution in [0.4, 0.5) is 5.69 Å². The molecule has 1 aliphatic carbocycles. The lowest BCUT2D eigenvalue weighted by Gasteiger charge is -2.23. The third-order valence-corrected chi connectivity index (χ3v) is 5.46. The molecule has 100 valence electrons. The third kappa shape index (κ3) is 2.50. The largest absolute Gasteiger partial charge is 0.324 e. The minimum absolute atomic E-state index is 0.141. The Kier molecular flexibility index (Phi) is 3.89. The molecule has 0 atom stereocenters. The van der Waals surface area contributed by atoms with Crippen molar-refractivity contribution in [2.24, 2.45) is 5.84 Å². The van der Waals surface area contributed by atoms with Gasteiger partial charge in [-0.15, -0.1) is 0 Å². The number of hydrogen-bond acceptors (Lipinski definition) is 4. The molecular weight excluding hydrogens is 250 g/mol. The Balaban J connectivity index is 2.23. The van der Waals surface area contributed by atoms with E-state index in [0.717, 1.165) is 25.7 Å². The van der Waals surface area contributed by atoms with Crippen LogP contribution in [-0.4, -0.2) is 25.8 Å². The molecule has 18 heavy (non-hydrogen) atoms. The molecule has 0 aliphatic heterocycles. The molecule has 1 fully saturated rings. The van der Waals surface area contributed by atoms with Gasteiger partial charge in [0.1, 0.15) is 0 Å². The van der Waals surface area contributed by atoms with E-state index in [1.54, 1.807) is 31.3 Å². The molecular formula is C12H19N3O2S. The lowest BCUT2D eigenvalue weighted by Crippen LogP contribution is -2.35. The summed E-state index contributed by atoms with van der Waals surface area (Å²) in [7, 11) is -1.72. The first-order chi connectivity index (χ1) is 8.55. The second-order valence-electron chi connectivity index (χ2n) is 4.63. The molecule has 1 saturated carbocycles. The molecule has 1 aromatic rings. The van der Waals surface area contributed by atoms with Crippen LogP contribution in [0.1, 0.15) is 25.7 Å². The van der Waals surface area contributed by atoms with Crippen molar-refractivity contribution in [3.8, 4) is 0 Å². The fourth-order valence-electron chi connectivity index (χ4n) is 2.35. The topological polar surface area (TPSA) is 75.4 Å². The first-order valence-electron chi connectivity index (χ1n) is 6.10. The maximum absolute atomic E-state index is 12.4. The summed E-state index contributed by atoms with van der Waals surface area (Å²) in [6, 6.07) is 6.62. The highest BCUT2D eigenvalue weighted by Crippen LogP contribution is 2.27. The lowest BCUT2D eigenvalue weighted by molar-refractivity contribution is 0.373. The number of nitrogen functional groups attached to an aromatic ring is 1. The Hall–Kier alpha value is -1.11. The number of benzene rings is 1. The second-order valence-corrected chi connectivity index (χ2v) is 6.63. The van der Waals surface area contributed by atoms with Crippen molar-refractivity contribution in [1.29, 1.82) is 0 Å². The van der Waals surface area contributed by atoms with Crippen molar-refractivity contribution in [3.05, 3.63) is 24.3 Å². The van der Waals surface area contributed by atoms with E-state index in [4.69, 9.17) is 5.84 Å². The highest BCUT2D eigenvalue weighted by atomic mass is 32.2. The molecule has 0 saturated heterocycles. The normalized spacial score (nSPS) is 17.3. The predicted octanol–water partition coefficient (Wildman–Crippen LogP) is 1.54. The molecule has 1 aromatic carbocycles. The van der Waals surface area contributed by atoms with Crippen molar-refractivity contribution in [2.75, 3.05) is 12.5 Å². The Morgan fingerprint density at radius 1 is 1.22 bits per heavy atom. The van der Waals surface area contributed by atoms with Gasteiger partial charge in [-0.1, -0.05) is 12.8 Å². The lowest BCUT2D eigenvalue weighted by atomic mass is 10.3. The summed E-state index contributed by atoms with van der Waals surface area (Å²) in [6.45, 7) is 0. The van der Waals surface area contributed by atoms with E-state index in [9.17, 15) is 8.42 Å². The van der Waals surface area contributed by atoms with E-state index >= 15 is 0 Å². The van der Waals surface area contributed by atoms with Crippen molar-refractivity contribution in [2.45, 2.75) is 36.6 Å². The van der Waals surface area contributed by atoms with Crippen LogP contribution in [0.2, 0.25) is 0 Å². The average Bonchev–Trinajstić information content (AvgIpc) is 2.91. The van der Waals surface area contributed by atoms with Crippen molar-refractivity contribution >= 4 is 15.7 Å². The molecule has 3 N–H and O–H groups in total. The monoisotopic (exact) mass is 269 g/mol. The van der Waals surface area contributed by atoms with Crippen LogP contribution in [0.25, 0.3) is 0 Å². The number of hydrazine groups is 1. The molecule has 0 amide bonds. The van der Waals surface area contributed by atoms with E-state index < -0.39 is 10.0 Å². The van der Waals surface area contributed by atoms with E-state index in [2.05, 4.69) is 5.43 Å². The van der Waals surface area contributed by atoms with Gasteiger partial charge in [-0.2, -0.15) is 4.31 Å². The summed E-state index contributed by atoms with van der Waals surface area (Å²) in [5.41, 5.74) is 3.17. The van der Waals surface area contributed by atoms with E-state index in [-0.39, 0.29) is 6.04 Å². The van der Waals surface area contributed by atoms with Gasteiger partial charge in [0.2, 0.25) is 10.0 Å². The number of sulfonamides is 1. The molecule has 5 nitrogen and oxygen atoms in total. The Morgan fingerprint density at radius 2 is 1.78 bits per heavy atom. The maximum atomic E-state index is 12.4. The van der Waals surface area contributed by atoms with Crippen LogP contribution in [-0.2, 0) is 10.0 Å². The fourth-order valence-corrected chi connectivity index (χ4v) is 3.77. The van der Waals surface area contributed by atoms with Crippen LogP contribution in [0.5, 0.6) is 0 Å². The SMILES string of the molecule is CN(C1CCCC1)S(=O)(=O)c1ccc(NN)cc1. The summed E-state index contributed by atoms with van der Waals surface area (Å²) in [5.74, 6) is 5.26. The van der Waals surface area contributed by atoms with Crippen molar-refractivity contribution < 1.29 is 8.42 Å². The summed E-state index contributed by atoms with van der Waals surface area (Å²) < 4.78 is 26.3. The maximum Gasteiger partial charge on any atom is 0.243 e. The zero-order valence-electron chi connectivity index (χ0n) is 10.5. The van der Waals surface area contributed by atoms with Gasteiger partial charge in [-0.25, -0.2) is 8.42 Å². The van der Waals surface area contributed by atoms with Gasteiger partial charge >= 0.3 is 0 Å². The van der Waals surface area contributed by atoms with Gasteiger partial charge in [0.15, 0.2) is 0 Å². The Bertz CT molecular complexity index is 493. The van der Waals surface area contributed by atoms with Crippen molar-refractivity contribution in [1.82, 2.24) is 4.31 Å². The van der Waals surface area contributed by atoms with E-state index in [0.29, 0.717) is 10.6 Å². The van der Waals surface area contributed by atoms with Crippen LogP contribution in [0.3, 0.4) is 0 Å². The highest BCUT2D eigenvalue weighted by Gasteiger charge is 2.29. The smallest absolute Gasteiger partial charge is 0.243 e. The number of nitrogens with one attached hydrogen (secondary N) is 1. The first kappa shape index (κ1) is 13.3. The standard InChI is InChI=1S/C12H19N3O2S/c1-15(11-4-2-3-5-11)18(16,17)12-8-6-10(14-13)7-9-12/h6-9,11,14H,2-5,13H2,1H3. The van der Waals surface area contributed by atoms with Gasteiger partial charge in [0, 0.05) is 18.8 Å². The second kappa shape index (κ2) is 5.26. The van der Waals surface area contributed by atoms with Crippen molar-refractivity contribution in [3.63, 3.8) is 0 Å². The summed E-state index contributed by atoms with van der Waals surface area (Å²) in [5, 5.41) is 0. The molecule has 6 heteroatoms. The summed E-state index contributed by atoms with van der Waals surface area (Å²) >= 11 is 0. The molecule has 2 rings (SSSR count). The van der Waals surface area contributed by atoms with Gasteiger partial charge < -0.3 is 5.43 Å². The number of anilines is 1. The molecule has 0 unspecified atom stereocenters. The minimum atomic E-state index is -3.38. The fraction of sp³-hybridized carbons (Fsp3) is 0.500. The van der Waals surface area contributed by atoms with Crippen LogP contribution < -0.4 is 11.3 Å². The minimum Gasteiger partial charge on any atom is -0.324 e. The first-order valence-corrected chi connectivity index (χ1v) is 7.54. The Morgan fingerprint density at radius 3 is 2.28 bits per heavy atom. The molecule has 0 bridgehead atoms. The quantitative estimate of drug-likeness (QED) is 0.642. The summed E-state index contributed by atoms with van der Waals surface area (Å²) in [6.07, 6.45) is 4.14. The predicted molar refractivity (Wildman–Crippen MR) is 71.5 cm³/mol. The molecule has 0 radical (unpaired) electrons. The van der Waals surface area contributed by atoms with Gasteiger partial charge in [0.25, 0.3) is 0 Å². The number of rotatable bonds is 4.